The van der Waals surface area contributed by atoms with Crippen molar-refractivity contribution in [3.8, 4) is 5.75 Å². The van der Waals surface area contributed by atoms with Gasteiger partial charge in [-0.1, -0.05) is 46.3 Å². The Morgan fingerprint density at radius 2 is 1.67 bits per heavy atom. The summed E-state index contributed by atoms with van der Waals surface area (Å²) in [4.78, 5) is 0. The summed E-state index contributed by atoms with van der Waals surface area (Å²) >= 11 is 3.39. The molecule has 0 aromatic heterocycles. The molecule has 0 saturated heterocycles. The van der Waals surface area contributed by atoms with Gasteiger partial charge in [-0.2, -0.15) is 0 Å². The summed E-state index contributed by atoms with van der Waals surface area (Å²) in [5.41, 5.74) is 1.08. The van der Waals surface area contributed by atoms with Gasteiger partial charge in [0.1, 0.15) is 11.9 Å². The molecular weight excluding hydrogens is 292 g/mol. The fourth-order valence-corrected chi connectivity index (χ4v) is 2.02. The maximum Gasteiger partial charge on any atom is 0.126 e. The Balaban J connectivity index is 2.14. The molecule has 3 heteroatoms. The van der Waals surface area contributed by atoms with Crippen molar-refractivity contribution >= 4 is 15.9 Å². The maximum atomic E-state index is 9.13. The number of ether oxygens (including phenoxy) is 1. The Labute approximate surface area is 115 Å². The molecule has 2 rings (SSSR count). The van der Waals surface area contributed by atoms with E-state index in [4.69, 9.17) is 9.84 Å². The summed E-state index contributed by atoms with van der Waals surface area (Å²) < 4.78 is 6.94. The number of hydrogen-bond acceptors (Lipinski definition) is 2. The first-order valence-electron chi connectivity index (χ1n) is 5.87. The van der Waals surface area contributed by atoms with E-state index in [0.717, 1.165) is 15.8 Å². The normalized spacial score (nSPS) is 12.1. The third-order valence-electron chi connectivity index (χ3n) is 2.65. The van der Waals surface area contributed by atoms with Crippen LogP contribution in [0.15, 0.2) is 59.1 Å². The number of hydrogen-bond donors (Lipinski definition) is 1. The molecule has 0 bridgehead atoms. The first kappa shape index (κ1) is 13.1. The van der Waals surface area contributed by atoms with Gasteiger partial charge >= 0.3 is 0 Å². The van der Waals surface area contributed by atoms with E-state index in [0.29, 0.717) is 6.42 Å². The van der Waals surface area contributed by atoms with Crippen molar-refractivity contribution in [2.45, 2.75) is 12.5 Å². The Bertz CT molecular complexity index is 468. The molecule has 0 saturated carbocycles. The fraction of sp³-hybridized carbons (Fsp3) is 0.200. The molecule has 0 aliphatic heterocycles. The first-order valence-corrected chi connectivity index (χ1v) is 6.67. The van der Waals surface area contributed by atoms with Crippen molar-refractivity contribution in [1.29, 1.82) is 0 Å². The van der Waals surface area contributed by atoms with E-state index in [1.54, 1.807) is 0 Å². The van der Waals surface area contributed by atoms with Crippen LogP contribution in [0, 0.1) is 0 Å². The molecule has 0 amide bonds. The van der Waals surface area contributed by atoms with Crippen molar-refractivity contribution in [2.75, 3.05) is 6.61 Å². The molecular formula is C15H15BrO2. The van der Waals surface area contributed by atoms with Gasteiger partial charge in [0.05, 0.1) is 0 Å². The molecule has 0 aliphatic rings. The molecule has 0 fully saturated rings. The van der Waals surface area contributed by atoms with E-state index >= 15 is 0 Å². The lowest BCUT2D eigenvalue weighted by molar-refractivity contribution is 0.156. The zero-order valence-electron chi connectivity index (χ0n) is 9.92. The van der Waals surface area contributed by atoms with Crippen LogP contribution >= 0.6 is 15.9 Å². The highest BCUT2D eigenvalue weighted by Gasteiger charge is 2.12. The minimum atomic E-state index is -0.114. The average molecular weight is 307 g/mol. The van der Waals surface area contributed by atoms with Gasteiger partial charge in [0.15, 0.2) is 0 Å². The van der Waals surface area contributed by atoms with Gasteiger partial charge in [-0.3, -0.25) is 0 Å². The number of aliphatic hydroxyl groups excluding tert-OH is 1. The second-order valence-electron chi connectivity index (χ2n) is 3.98. The van der Waals surface area contributed by atoms with Crippen LogP contribution in [0.3, 0.4) is 0 Å². The molecule has 2 aromatic carbocycles. The monoisotopic (exact) mass is 306 g/mol. The standard InChI is InChI=1S/C15H15BrO2/c16-13-6-8-14(9-7-13)18-15(10-11-17)12-4-2-1-3-5-12/h1-9,15,17H,10-11H2/t15-/m1/s1. The molecule has 0 radical (unpaired) electrons. The van der Waals surface area contributed by atoms with Gasteiger partial charge in [0.2, 0.25) is 0 Å². The number of aliphatic hydroxyl groups is 1. The van der Waals surface area contributed by atoms with Crippen molar-refractivity contribution in [3.63, 3.8) is 0 Å². The van der Waals surface area contributed by atoms with E-state index in [2.05, 4.69) is 15.9 Å². The Kier molecular flexibility index (Phi) is 4.79. The van der Waals surface area contributed by atoms with Gasteiger partial charge in [0.25, 0.3) is 0 Å². The number of halogens is 1. The lowest BCUT2D eigenvalue weighted by Crippen LogP contribution is -2.09. The van der Waals surface area contributed by atoms with Crippen LogP contribution in [-0.4, -0.2) is 11.7 Å². The van der Waals surface area contributed by atoms with Crippen LogP contribution in [0.2, 0.25) is 0 Å². The molecule has 1 atom stereocenters. The zero-order chi connectivity index (χ0) is 12.8. The summed E-state index contributed by atoms with van der Waals surface area (Å²) in [5, 5.41) is 9.13. The van der Waals surface area contributed by atoms with Crippen LogP contribution < -0.4 is 4.74 Å². The molecule has 94 valence electrons. The lowest BCUT2D eigenvalue weighted by atomic mass is 10.1. The topological polar surface area (TPSA) is 29.5 Å². The van der Waals surface area contributed by atoms with Crippen molar-refractivity contribution in [3.05, 3.63) is 64.6 Å². The van der Waals surface area contributed by atoms with Crippen LogP contribution in [0.4, 0.5) is 0 Å². The molecule has 2 aromatic rings. The zero-order valence-corrected chi connectivity index (χ0v) is 11.5. The Morgan fingerprint density at radius 1 is 1.00 bits per heavy atom. The highest BCUT2D eigenvalue weighted by Crippen LogP contribution is 2.25. The van der Waals surface area contributed by atoms with E-state index in [1.807, 2.05) is 54.6 Å². The lowest BCUT2D eigenvalue weighted by Gasteiger charge is -2.18. The van der Waals surface area contributed by atoms with Crippen molar-refractivity contribution in [2.24, 2.45) is 0 Å². The molecule has 2 nitrogen and oxygen atoms in total. The highest BCUT2D eigenvalue weighted by molar-refractivity contribution is 9.10. The third kappa shape index (κ3) is 3.59. The first-order chi connectivity index (χ1) is 8.79. The van der Waals surface area contributed by atoms with Crippen molar-refractivity contribution < 1.29 is 9.84 Å². The van der Waals surface area contributed by atoms with Crippen LogP contribution in [0.5, 0.6) is 5.75 Å². The van der Waals surface area contributed by atoms with Crippen molar-refractivity contribution in [1.82, 2.24) is 0 Å². The Hall–Kier alpha value is -1.32. The van der Waals surface area contributed by atoms with Crippen LogP contribution in [-0.2, 0) is 0 Å². The fourth-order valence-electron chi connectivity index (χ4n) is 1.76. The third-order valence-corrected chi connectivity index (χ3v) is 3.18. The van der Waals surface area contributed by atoms with Gasteiger partial charge in [0, 0.05) is 17.5 Å². The van der Waals surface area contributed by atoms with E-state index in [1.165, 1.54) is 0 Å². The van der Waals surface area contributed by atoms with Gasteiger partial charge in [-0.15, -0.1) is 0 Å². The van der Waals surface area contributed by atoms with Crippen LogP contribution in [0.25, 0.3) is 0 Å². The average Bonchev–Trinajstić information content (AvgIpc) is 2.42. The quantitative estimate of drug-likeness (QED) is 0.906. The van der Waals surface area contributed by atoms with Gasteiger partial charge < -0.3 is 9.84 Å². The van der Waals surface area contributed by atoms with Gasteiger partial charge in [-0.25, -0.2) is 0 Å². The number of benzene rings is 2. The summed E-state index contributed by atoms with van der Waals surface area (Å²) in [5.74, 6) is 0.806. The predicted molar refractivity (Wildman–Crippen MR) is 75.7 cm³/mol. The second kappa shape index (κ2) is 6.57. The van der Waals surface area contributed by atoms with E-state index in [-0.39, 0.29) is 12.7 Å². The van der Waals surface area contributed by atoms with Gasteiger partial charge in [-0.05, 0) is 29.8 Å². The second-order valence-corrected chi connectivity index (χ2v) is 4.90. The molecule has 1 N–H and O–H groups in total. The Morgan fingerprint density at radius 3 is 2.28 bits per heavy atom. The largest absolute Gasteiger partial charge is 0.486 e. The molecule has 0 heterocycles. The maximum absolute atomic E-state index is 9.13. The molecule has 18 heavy (non-hydrogen) atoms. The molecule has 0 unspecified atom stereocenters. The van der Waals surface area contributed by atoms with E-state index in [9.17, 15) is 0 Å². The summed E-state index contributed by atoms with van der Waals surface area (Å²) in [7, 11) is 0. The summed E-state index contributed by atoms with van der Waals surface area (Å²) in [6.45, 7) is 0.107. The summed E-state index contributed by atoms with van der Waals surface area (Å²) in [6, 6.07) is 17.7. The highest BCUT2D eigenvalue weighted by atomic mass is 79.9. The summed E-state index contributed by atoms with van der Waals surface area (Å²) in [6.07, 6.45) is 0.470. The predicted octanol–water partition coefficient (Wildman–Crippen LogP) is 3.95. The smallest absolute Gasteiger partial charge is 0.126 e. The minimum absolute atomic E-state index is 0.107. The van der Waals surface area contributed by atoms with E-state index < -0.39 is 0 Å². The SMILES string of the molecule is OCC[C@@H](Oc1ccc(Br)cc1)c1ccccc1. The molecule has 0 spiro atoms. The number of rotatable bonds is 5. The molecule has 0 aliphatic carbocycles. The van der Waals surface area contributed by atoms with Crippen LogP contribution in [0.1, 0.15) is 18.1 Å². The minimum Gasteiger partial charge on any atom is -0.486 e.